The number of nitrogens with zero attached hydrogens (tertiary/aromatic N) is 4. The number of nitrogens with two attached hydrogens (primary N) is 1. The number of carboxylic acid groups (broad SMARTS) is 1. The van der Waals surface area contributed by atoms with E-state index in [0.717, 1.165) is 16.9 Å². The van der Waals surface area contributed by atoms with Crippen molar-refractivity contribution in [3.63, 3.8) is 0 Å². The molecule has 2 atom stereocenters. The Balaban J connectivity index is 1.13. The Hall–Kier alpha value is -4.58. The molecule has 2 aliphatic rings. The van der Waals surface area contributed by atoms with Crippen molar-refractivity contribution < 1.29 is 34.5 Å². The number of oxime groups is 1. The molecule has 1 saturated heterocycles. The maximum Gasteiger partial charge on any atom is 0.352 e. The van der Waals surface area contributed by atoms with E-state index in [2.05, 4.69) is 20.4 Å². The van der Waals surface area contributed by atoms with Crippen LogP contribution in [0.25, 0.3) is 11.3 Å². The zero-order valence-corrected chi connectivity index (χ0v) is 26.8. The second kappa shape index (κ2) is 13.4. The van der Waals surface area contributed by atoms with Crippen molar-refractivity contribution in [1.29, 1.82) is 0 Å². The Morgan fingerprint density at radius 2 is 1.91 bits per heavy atom. The number of β-lactam (4-membered cyclic amide) rings is 1. The van der Waals surface area contributed by atoms with E-state index in [4.69, 9.17) is 10.6 Å². The summed E-state index contributed by atoms with van der Waals surface area (Å²) in [6, 6.07) is 12.7. The molecule has 0 radical (unpaired) electrons. The molecule has 2 amide bonds. The first-order valence-corrected chi connectivity index (χ1v) is 17.3. The van der Waals surface area contributed by atoms with Gasteiger partial charge in [0.25, 0.3) is 11.8 Å². The third-order valence-corrected chi connectivity index (χ3v) is 11.0. The molecule has 0 unspecified atom stereocenters. The first-order chi connectivity index (χ1) is 22.2. The Bertz CT molecular complexity index is 1880. The Morgan fingerprint density at radius 1 is 1.11 bits per heavy atom. The maximum atomic E-state index is 13.4. The smallest absolute Gasteiger partial charge is 0.352 e. The molecule has 6 rings (SSSR count). The number of hydrogen-bond acceptors (Lipinski definition) is 14. The normalized spacial score (nSPS) is 17.8. The summed E-state index contributed by atoms with van der Waals surface area (Å²) in [5.74, 6) is -2.40. The number of phenols is 2. The Labute approximate surface area is 277 Å². The molecule has 17 heteroatoms. The Kier molecular flexibility index (Phi) is 9.16. The van der Waals surface area contributed by atoms with E-state index in [-0.39, 0.29) is 46.1 Å². The molecule has 236 valence electrons. The van der Waals surface area contributed by atoms with Gasteiger partial charge >= 0.3 is 5.97 Å². The number of aromatic hydroxyl groups is 2. The number of benzene rings is 2. The molecule has 0 saturated carbocycles. The summed E-state index contributed by atoms with van der Waals surface area (Å²) in [5, 5.41) is 39.1. The predicted molar refractivity (Wildman–Crippen MR) is 176 cm³/mol. The van der Waals surface area contributed by atoms with Gasteiger partial charge in [0.1, 0.15) is 29.4 Å². The summed E-state index contributed by atoms with van der Waals surface area (Å²) in [5.41, 5.74) is 8.28. The van der Waals surface area contributed by atoms with Crippen molar-refractivity contribution >= 4 is 74.8 Å². The lowest BCUT2D eigenvalue weighted by molar-refractivity contribution is -0.150. The zero-order chi connectivity index (χ0) is 32.4. The molecule has 13 nitrogen and oxygen atoms in total. The number of nitrogen functional groups attached to an aromatic ring is 1. The molecule has 0 bridgehead atoms. The highest BCUT2D eigenvalue weighted by atomic mass is 32.2. The second-order valence-corrected chi connectivity index (χ2v) is 14.0. The standard InChI is InChI=1S/C29H24N6O7S4/c30-28-31-18(13-44-28)21(34-42-9-14-4-2-1-3-5-14)24(38)33-22-25(39)35-23(27(40)41)16(10-43-26(22)35)11-45-29-32-17(12-46-29)15-6-7-19(36)20(37)8-15/h1-8,12-13,22,26,36-37H,9-11H2,(H2,30,31)(H,33,38)(H,40,41)/t22-,26-/m1/s1. The summed E-state index contributed by atoms with van der Waals surface area (Å²) in [6.07, 6.45) is 0. The number of carboxylic acids is 1. The van der Waals surface area contributed by atoms with Crippen LogP contribution in [0.1, 0.15) is 11.3 Å². The summed E-state index contributed by atoms with van der Waals surface area (Å²) >= 11 is 5.14. The van der Waals surface area contributed by atoms with Crippen LogP contribution in [-0.4, -0.2) is 76.6 Å². The summed E-state index contributed by atoms with van der Waals surface area (Å²) in [6.45, 7) is 0.0993. The highest BCUT2D eigenvalue weighted by Gasteiger charge is 2.54. The van der Waals surface area contributed by atoms with Crippen molar-refractivity contribution in [1.82, 2.24) is 20.2 Å². The van der Waals surface area contributed by atoms with Gasteiger partial charge in [-0.05, 0) is 29.3 Å². The lowest BCUT2D eigenvalue weighted by atomic mass is 10.0. The number of amides is 2. The topological polar surface area (TPSA) is 201 Å². The molecular formula is C29H24N6O7S4. The van der Waals surface area contributed by atoms with Gasteiger partial charge in [-0.15, -0.1) is 34.4 Å². The van der Waals surface area contributed by atoms with E-state index in [9.17, 15) is 29.7 Å². The van der Waals surface area contributed by atoms with Gasteiger partial charge in [0, 0.05) is 27.8 Å². The summed E-state index contributed by atoms with van der Waals surface area (Å²) in [4.78, 5) is 54.3. The monoisotopic (exact) mass is 696 g/mol. The van der Waals surface area contributed by atoms with Crippen LogP contribution >= 0.6 is 46.2 Å². The number of thioether (sulfide) groups is 2. The fourth-order valence-corrected chi connectivity index (χ4v) is 8.51. The van der Waals surface area contributed by atoms with Gasteiger partial charge in [0.2, 0.25) is 0 Å². The number of rotatable bonds is 11. The van der Waals surface area contributed by atoms with E-state index in [1.165, 1.54) is 51.9 Å². The highest BCUT2D eigenvalue weighted by Crippen LogP contribution is 2.42. The fraction of sp³-hybridized carbons (Fsp3) is 0.172. The minimum atomic E-state index is -1.24. The van der Waals surface area contributed by atoms with E-state index < -0.39 is 29.2 Å². The molecule has 2 aliphatic heterocycles. The second-order valence-electron chi connectivity index (χ2n) is 9.88. The SMILES string of the molecule is Nc1nc(C(=NOCc2ccccc2)C(=O)N[C@@H]2C(=O)N3C(C(=O)O)=C(CSc4nc(-c5ccc(O)c(O)c5)cs4)CS[C@H]23)cs1. The van der Waals surface area contributed by atoms with Gasteiger partial charge < -0.3 is 31.2 Å². The molecule has 0 aliphatic carbocycles. The number of aliphatic carboxylic acids is 1. The van der Waals surface area contributed by atoms with E-state index >= 15 is 0 Å². The van der Waals surface area contributed by atoms with Gasteiger partial charge in [0.15, 0.2) is 26.7 Å². The average molecular weight is 697 g/mol. The fourth-order valence-electron chi connectivity index (χ4n) is 4.64. The molecule has 46 heavy (non-hydrogen) atoms. The molecule has 6 N–H and O–H groups in total. The van der Waals surface area contributed by atoms with Gasteiger partial charge in [-0.1, -0.05) is 47.2 Å². The van der Waals surface area contributed by atoms with E-state index in [1.807, 2.05) is 30.3 Å². The number of nitrogens with one attached hydrogen (secondary N) is 1. The number of phenolic OH excluding ortho intramolecular Hbond substituents is 2. The molecular weight excluding hydrogens is 673 g/mol. The quantitative estimate of drug-likeness (QED) is 0.0501. The lowest BCUT2D eigenvalue weighted by Gasteiger charge is -2.49. The van der Waals surface area contributed by atoms with Crippen molar-refractivity contribution in [2.45, 2.75) is 22.4 Å². The van der Waals surface area contributed by atoms with Crippen LogP contribution in [0.5, 0.6) is 11.5 Å². The number of thiazole rings is 2. The van der Waals surface area contributed by atoms with Crippen LogP contribution in [0.2, 0.25) is 0 Å². The largest absolute Gasteiger partial charge is 0.504 e. The summed E-state index contributed by atoms with van der Waals surface area (Å²) in [7, 11) is 0. The number of anilines is 1. The number of carbonyl (C=O) groups is 3. The molecule has 4 heterocycles. The third-order valence-electron chi connectivity index (χ3n) is 6.87. The molecule has 4 aromatic rings. The number of fused-ring (bicyclic) bond motifs is 1. The van der Waals surface area contributed by atoms with Crippen molar-refractivity contribution in [2.24, 2.45) is 5.16 Å². The lowest BCUT2D eigenvalue weighted by Crippen LogP contribution is -2.71. The number of hydrogen-bond donors (Lipinski definition) is 5. The predicted octanol–water partition coefficient (Wildman–Crippen LogP) is 3.71. The first-order valence-electron chi connectivity index (χ1n) is 13.5. The van der Waals surface area contributed by atoms with Crippen LogP contribution in [0, 0.1) is 0 Å². The zero-order valence-electron chi connectivity index (χ0n) is 23.5. The van der Waals surface area contributed by atoms with Crippen molar-refractivity contribution in [2.75, 3.05) is 17.2 Å². The van der Waals surface area contributed by atoms with E-state index in [1.54, 1.807) is 16.8 Å². The van der Waals surface area contributed by atoms with Crippen molar-refractivity contribution in [3.05, 3.63) is 81.8 Å². The van der Waals surface area contributed by atoms with Crippen LogP contribution in [-0.2, 0) is 25.8 Å². The first kappa shape index (κ1) is 31.4. The van der Waals surface area contributed by atoms with Crippen LogP contribution in [0.3, 0.4) is 0 Å². The molecule has 1 fully saturated rings. The van der Waals surface area contributed by atoms with Crippen LogP contribution < -0.4 is 11.1 Å². The molecule has 0 spiro atoms. The van der Waals surface area contributed by atoms with Gasteiger partial charge in [0.05, 0.1) is 5.69 Å². The molecule has 2 aromatic heterocycles. The van der Waals surface area contributed by atoms with Gasteiger partial charge in [-0.2, -0.15) is 0 Å². The maximum absolute atomic E-state index is 13.4. The highest BCUT2D eigenvalue weighted by molar-refractivity contribution is 8.01. The minimum Gasteiger partial charge on any atom is -0.504 e. The van der Waals surface area contributed by atoms with Crippen LogP contribution in [0.4, 0.5) is 5.13 Å². The van der Waals surface area contributed by atoms with E-state index in [0.29, 0.717) is 26.9 Å². The van der Waals surface area contributed by atoms with Crippen molar-refractivity contribution in [3.8, 4) is 22.8 Å². The number of aromatic nitrogens is 2. The van der Waals surface area contributed by atoms with Gasteiger partial charge in [-0.25, -0.2) is 14.8 Å². The number of carbonyl (C=O) groups excluding carboxylic acids is 2. The molecule has 2 aromatic carbocycles. The minimum absolute atomic E-state index is 0.0993. The van der Waals surface area contributed by atoms with Crippen LogP contribution in [0.15, 0.2) is 80.1 Å². The average Bonchev–Trinajstić information content (AvgIpc) is 3.71. The Morgan fingerprint density at radius 3 is 2.63 bits per heavy atom. The van der Waals surface area contributed by atoms with Gasteiger partial charge in [-0.3, -0.25) is 14.5 Å². The third kappa shape index (κ3) is 6.53. The summed E-state index contributed by atoms with van der Waals surface area (Å²) < 4.78 is 0.663.